The van der Waals surface area contributed by atoms with E-state index in [-0.39, 0.29) is 18.2 Å². The number of aromatic nitrogens is 2. The number of carboxylic acid groups (broad SMARTS) is 1. The summed E-state index contributed by atoms with van der Waals surface area (Å²) in [6.45, 7) is 3.67. The number of anilines is 1. The average molecular weight is 456 g/mol. The number of aliphatic carboxylic acids is 1. The Hall–Kier alpha value is -3.13. The van der Waals surface area contributed by atoms with Crippen molar-refractivity contribution in [2.75, 3.05) is 12.0 Å². The minimum Gasteiger partial charge on any atom is -0.497 e. The molecule has 0 spiro atoms. The Labute approximate surface area is 192 Å². The molecule has 7 nitrogen and oxygen atoms in total. The fourth-order valence-electron chi connectivity index (χ4n) is 3.67. The van der Waals surface area contributed by atoms with Crippen LogP contribution in [-0.4, -0.2) is 40.1 Å². The highest BCUT2D eigenvalue weighted by Crippen LogP contribution is 2.30. The van der Waals surface area contributed by atoms with Gasteiger partial charge in [0.2, 0.25) is 5.91 Å². The number of carbonyl (C=O) groups is 2. The number of carbonyl (C=O) groups excluding carboxylic acids is 1. The molecule has 170 valence electrons. The van der Waals surface area contributed by atoms with Crippen molar-refractivity contribution >= 4 is 28.2 Å². The molecule has 0 bridgehead atoms. The first kappa shape index (κ1) is 23.5. The van der Waals surface area contributed by atoms with E-state index in [1.54, 1.807) is 25.4 Å². The number of ether oxygens (including phenoxy) is 1. The highest BCUT2D eigenvalue weighted by molar-refractivity contribution is 7.14. The fraction of sp³-hybridized carbons (Fsp3) is 0.375. The van der Waals surface area contributed by atoms with E-state index in [2.05, 4.69) is 23.0 Å². The van der Waals surface area contributed by atoms with Crippen LogP contribution in [0.25, 0.3) is 0 Å². The highest BCUT2D eigenvalue weighted by atomic mass is 32.1. The molecule has 1 amide bonds. The van der Waals surface area contributed by atoms with Crippen LogP contribution in [0.2, 0.25) is 0 Å². The first-order chi connectivity index (χ1) is 15.4. The zero-order valence-corrected chi connectivity index (χ0v) is 19.4. The second-order valence-electron chi connectivity index (χ2n) is 7.67. The molecular weight excluding hydrogens is 426 g/mol. The third kappa shape index (κ3) is 5.56. The van der Waals surface area contributed by atoms with Gasteiger partial charge in [-0.25, -0.2) is 9.78 Å². The van der Waals surface area contributed by atoms with Crippen LogP contribution in [0.15, 0.2) is 48.0 Å². The summed E-state index contributed by atoms with van der Waals surface area (Å²) in [7, 11) is 1.65. The van der Waals surface area contributed by atoms with Gasteiger partial charge >= 0.3 is 5.97 Å². The molecule has 1 aromatic carbocycles. The molecule has 2 heterocycles. The zero-order chi connectivity index (χ0) is 23.1. The summed E-state index contributed by atoms with van der Waals surface area (Å²) in [5.74, 6) is 0.308. The number of thiophene rings is 1. The molecule has 2 N–H and O–H groups in total. The van der Waals surface area contributed by atoms with Crippen LogP contribution in [0.3, 0.4) is 0 Å². The maximum atomic E-state index is 13.1. The number of nitrogens with zero attached hydrogens (tertiary/aromatic N) is 2. The molecule has 0 radical (unpaired) electrons. The van der Waals surface area contributed by atoms with Crippen molar-refractivity contribution in [3.63, 3.8) is 0 Å². The van der Waals surface area contributed by atoms with Gasteiger partial charge in [-0.3, -0.25) is 9.69 Å². The Morgan fingerprint density at radius 3 is 2.75 bits per heavy atom. The van der Waals surface area contributed by atoms with Crippen molar-refractivity contribution in [3.8, 4) is 5.75 Å². The van der Waals surface area contributed by atoms with E-state index >= 15 is 0 Å². The lowest BCUT2D eigenvalue weighted by Crippen LogP contribution is -2.43. The standard InChI is InChI=1S/C24H29N3O4S/c1-4-5-10-20(17-8-6-9-19(13-17)31-3)23-25-15-18(26-23)14-21(28)27(16(2)24(29)30)22-11-7-12-32-22/h6-9,11-13,15-16,20H,4-5,10,14H2,1-3H3,(H,25,26)(H,29,30)/t16-,20?/m0/s1. The lowest BCUT2D eigenvalue weighted by atomic mass is 9.93. The molecule has 0 saturated carbocycles. The van der Waals surface area contributed by atoms with Crippen LogP contribution < -0.4 is 9.64 Å². The molecule has 2 aromatic heterocycles. The maximum Gasteiger partial charge on any atom is 0.326 e. The van der Waals surface area contributed by atoms with Gasteiger partial charge in [0.05, 0.1) is 18.5 Å². The van der Waals surface area contributed by atoms with Crippen molar-refractivity contribution in [2.24, 2.45) is 0 Å². The van der Waals surface area contributed by atoms with Crippen molar-refractivity contribution in [3.05, 3.63) is 65.1 Å². The van der Waals surface area contributed by atoms with E-state index in [0.717, 1.165) is 36.4 Å². The molecule has 0 aliphatic heterocycles. The second kappa shape index (κ2) is 10.9. The first-order valence-electron chi connectivity index (χ1n) is 10.7. The number of imidazole rings is 1. The number of aromatic amines is 1. The number of H-pyrrole nitrogens is 1. The van der Waals surface area contributed by atoms with E-state index < -0.39 is 12.0 Å². The summed E-state index contributed by atoms with van der Waals surface area (Å²) in [5.41, 5.74) is 1.76. The SMILES string of the molecule is CCCCC(c1cccc(OC)c1)c1ncc(CC(=O)N(c2cccs2)[C@@H](C)C(=O)O)[nH]1. The smallest absolute Gasteiger partial charge is 0.326 e. The molecular formula is C24H29N3O4S. The molecule has 1 unspecified atom stereocenters. The average Bonchev–Trinajstić information content (AvgIpc) is 3.47. The van der Waals surface area contributed by atoms with Crippen molar-refractivity contribution in [2.45, 2.75) is 51.5 Å². The predicted octanol–water partition coefficient (Wildman–Crippen LogP) is 4.85. The largest absolute Gasteiger partial charge is 0.497 e. The Balaban J connectivity index is 1.83. The molecule has 32 heavy (non-hydrogen) atoms. The van der Waals surface area contributed by atoms with E-state index in [4.69, 9.17) is 4.74 Å². The summed E-state index contributed by atoms with van der Waals surface area (Å²) in [6.07, 6.45) is 4.74. The third-order valence-electron chi connectivity index (χ3n) is 5.42. The Bertz CT molecular complexity index is 1030. The summed E-state index contributed by atoms with van der Waals surface area (Å²) in [6, 6.07) is 10.5. The number of hydrogen-bond acceptors (Lipinski definition) is 5. The third-order valence-corrected chi connectivity index (χ3v) is 6.29. The van der Waals surface area contributed by atoms with Crippen LogP contribution >= 0.6 is 11.3 Å². The number of unbranched alkanes of at least 4 members (excludes halogenated alkanes) is 1. The molecule has 0 fully saturated rings. The van der Waals surface area contributed by atoms with Gasteiger partial charge in [0.25, 0.3) is 0 Å². The summed E-state index contributed by atoms with van der Waals surface area (Å²) in [4.78, 5) is 33.9. The number of benzene rings is 1. The molecule has 8 heteroatoms. The zero-order valence-electron chi connectivity index (χ0n) is 18.6. The Morgan fingerprint density at radius 2 is 2.09 bits per heavy atom. The van der Waals surface area contributed by atoms with Crippen LogP contribution in [0, 0.1) is 0 Å². The quantitative estimate of drug-likeness (QED) is 0.431. The summed E-state index contributed by atoms with van der Waals surface area (Å²) >= 11 is 1.34. The molecule has 2 atom stereocenters. The number of carboxylic acids is 1. The molecule has 0 saturated heterocycles. The van der Waals surface area contributed by atoms with Gasteiger partial charge in [-0.2, -0.15) is 0 Å². The van der Waals surface area contributed by atoms with Gasteiger partial charge in [-0.05, 0) is 48.6 Å². The monoisotopic (exact) mass is 455 g/mol. The number of amides is 1. The minimum atomic E-state index is -1.05. The Kier molecular flexibility index (Phi) is 8.05. The normalized spacial score (nSPS) is 12.8. The van der Waals surface area contributed by atoms with E-state index in [1.165, 1.54) is 23.2 Å². The van der Waals surface area contributed by atoms with E-state index in [9.17, 15) is 14.7 Å². The van der Waals surface area contributed by atoms with Crippen molar-refractivity contribution < 1.29 is 19.4 Å². The van der Waals surface area contributed by atoms with E-state index in [1.807, 2.05) is 23.6 Å². The predicted molar refractivity (Wildman–Crippen MR) is 126 cm³/mol. The fourth-order valence-corrected chi connectivity index (χ4v) is 4.49. The minimum absolute atomic E-state index is 0.0428. The van der Waals surface area contributed by atoms with Crippen molar-refractivity contribution in [1.82, 2.24) is 9.97 Å². The van der Waals surface area contributed by atoms with Crippen molar-refractivity contribution in [1.29, 1.82) is 0 Å². The number of hydrogen-bond donors (Lipinski definition) is 2. The van der Waals surface area contributed by atoms with Crippen LogP contribution in [-0.2, 0) is 16.0 Å². The lowest BCUT2D eigenvalue weighted by molar-refractivity contribution is -0.139. The number of methoxy groups -OCH3 is 1. The van der Waals surface area contributed by atoms with Gasteiger partial charge < -0.3 is 14.8 Å². The van der Waals surface area contributed by atoms with Crippen LogP contribution in [0.4, 0.5) is 5.00 Å². The molecule has 0 aliphatic carbocycles. The number of nitrogens with one attached hydrogen (secondary N) is 1. The lowest BCUT2D eigenvalue weighted by Gasteiger charge is -2.24. The molecule has 3 aromatic rings. The van der Waals surface area contributed by atoms with Gasteiger partial charge in [0.15, 0.2) is 0 Å². The molecule has 0 aliphatic rings. The van der Waals surface area contributed by atoms with Gasteiger partial charge in [0, 0.05) is 17.8 Å². The van der Waals surface area contributed by atoms with E-state index in [0.29, 0.717) is 10.7 Å². The summed E-state index contributed by atoms with van der Waals surface area (Å²) in [5, 5.41) is 11.9. The van der Waals surface area contributed by atoms with Gasteiger partial charge in [-0.1, -0.05) is 31.9 Å². The topological polar surface area (TPSA) is 95.5 Å². The first-order valence-corrected chi connectivity index (χ1v) is 11.6. The summed E-state index contributed by atoms with van der Waals surface area (Å²) < 4.78 is 5.38. The maximum absolute atomic E-state index is 13.1. The number of rotatable bonds is 11. The van der Waals surface area contributed by atoms with Crippen LogP contribution in [0.1, 0.15) is 56.1 Å². The Morgan fingerprint density at radius 1 is 1.28 bits per heavy atom. The van der Waals surface area contributed by atoms with Gasteiger partial charge in [0.1, 0.15) is 17.6 Å². The second-order valence-corrected chi connectivity index (χ2v) is 8.60. The van der Waals surface area contributed by atoms with Gasteiger partial charge in [-0.15, -0.1) is 11.3 Å². The highest BCUT2D eigenvalue weighted by Gasteiger charge is 2.28. The van der Waals surface area contributed by atoms with Crippen LogP contribution in [0.5, 0.6) is 5.75 Å². The molecule has 3 rings (SSSR count).